The Bertz CT molecular complexity index is 297. The van der Waals surface area contributed by atoms with Crippen molar-refractivity contribution >= 4 is 11.6 Å². The van der Waals surface area contributed by atoms with Crippen LogP contribution in [0.4, 0.5) is 0 Å². The molecule has 1 aromatic rings. The van der Waals surface area contributed by atoms with Crippen LogP contribution in [0.25, 0.3) is 0 Å². The minimum atomic E-state index is 0.425. The Kier molecular flexibility index (Phi) is 5.78. The van der Waals surface area contributed by atoms with E-state index in [1.54, 1.807) is 6.20 Å². The van der Waals surface area contributed by atoms with E-state index in [1.165, 1.54) is 0 Å². The molecule has 2 atom stereocenters. The van der Waals surface area contributed by atoms with Crippen molar-refractivity contribution in [2.75, 3.05) is 6.54 Å². The first-order chi connectivity index (χ1) is 7.69. The van der Waals surface area contributed by atoms with Gasteiger partial charge in [0.25, 0.3) is 0 Å². The van der Waals surface area contributed by atoms with Crippen molar-refractivity contribution in [2.45, 2.75) is 45.6 Å². The van der Waals surface area contributed by atoms with Crippen molar-refractivity contribution in [3.05, 3.63) is 29.0 Å². The average Bonchev–Trinajstić information content (AvgIpc) is 2.30. The first kappa shape index (κ1) is 13.5. The van der Waals surface area contributed by atoms with Crippen LogP contribution < -0.4 is 5.32 Å². The molecule has 0 radical (unpaired) electrons. The lowest BCUT2D eigenvalue weighted by Crippen LogP contribution is -2.34. The number of nitrogens with zero attached hydrogens (tertiary/aromatic N) is 1. The fourth-order valence-electron chi connectivity index (χ4n) is 1.87. The lowest BCUT2D eigenvalue weighted by molar-refractivity contribution is 0.433. The molecule has 1 aromatic heterocycles. The van der Waals surface area contributed by atoms with Crippen molar-refractivity contribution in [3.8, 4) is 0 Å². The summed E-state index contributed by atoms with van der Waals surface area (Å²) in [4.78, 5) is 4.38. The van der Waals surface area contributed by atoms with Crippen LogP contribution >= 0.6 is 11.6 Å². The molecule has 90 valence electrons. The van der Waals surface area contributed by atoms with Crippen LogP contribution in [-0.2, 0) is 0 Å². The van der Waals surface area contributed by atoms with Crippen molar-refractivity contribution < 1.29 is 0 Å². The normalized spacial score (nSPS) is 14.8. The third-order valence-electron chi connectivity index (χ3n) is 2.92. The lowest BCUT2D eigenvalue weighted by Gasteiger charge is -2.23. The van der Waals surface area contributed by atoms with Crippen molar-refractivity contribution in [3.63, 3.8) is 0 Å². The van der Waals surface area contributed by atoms with Gasteiger partial charge in [-0.3, -0.25) is 4.98 Å². The van der Waals surface area contributed by atoms with Crippen LogP contribution in [0.2, 0.25) is 5.02 Å². The molecular formula is C13H21ClN2. The molecule has 0 fully saturated rings. The molecule has 3 heteroatoms. The highest BCUT2D eigenvalue weighted by molar-refractivity contribution is 6.30. The fourth-order valence-corrected chi connectivity index (χ4v) is 1.98. The first-order valence-corrected chi connectivity index (χ1v) is 6.41. The summed E-state index contributed by atoms with van der Waals surface area (Å²) in [6.07, 6.45) is 4.00. The fraction of sp³-hybridized carbons (Fsp3) is 0.615. The maximum absolute atomic E-state index is 5.84. The summed E-state index contributed by atoms with van der Waals surface area (Å²) in [5, 5.41) is 4.26. The predicted molar refractivity (Wildman–Crippen MR) is 70.0 cm³/mol. The Morgan fingerprint density at radius 1 is 1.38 bits per heavy atom. The molecular weight excluding hydrogens is 220 g/mol. The molecule has 0 spiro atoms. The van der Waals surface area contributed by atoms with Crippen LogP contribution in [0.1, 0.15) is 45.2 Å². The molecule has 0 saturated carbocycles. The SMILES string of the molecule is CCCNC(CC)C(C)c1ccc(Cl)cn1. The smallest absolute Gasteiger partial charge is 0.0589 e. The number of nitrogens with one attached hydrogen (secondary N) is 1. The van der Waals surface area contributed by atoms with E-state index in [-0.39, 0.29) is 0 Å². The molecule has 1 heterocycles. The number of rotatable bonds is 6. The number of halogens is 1. The highest BCUT2D eigenvalue weighted by atomic mass is 35.5. The van der Waals surface area contributed by atoms with E-state index in [4.69, 9.17) is 11.6 Å². The number of hydrogen-bond acceptors (Lipinski definition) is 2. The van der Waals surface area contributed by atoms with Gasteiger partial charge in [0.05, 0.1) is 5.02 Å². The third-order valence-corrected chi connectivity index (χ3v) is 3.14. The number of pyridine rings is 1. The van der Waals surface area contributed by atoms with Gasteiger partial charge in [0.1, 0.15) is 0 Å². The molecule has 2 nitrogen and oxygen atoms in total. The molecule has 0 saturated heterocycles. The van der Waals surface area contributed by atoms with Crippen LogP contribution in [-0.4, -0.2) is 17.6 Å². The van der Waals surface area contributed by atoms with Gasteiger partial charge >= 0.3 is 0 Å². The molecule has 1 N–H and O–H groups in total. The van der Waals surface area contributed by atoms with Gasteiger partial charge in [0, 0.05) is 23.9 Å². The molecule has 0 aliphatic carbocycles. The quantitative estimate of drug-likeness (QED) is 0.822. The molecule has 2 unspecified atom stereocenters. The Balaban J connectivity index is 2.66. The van der Waals surface area contributed by atoms with E-state index >= 15 is 0 Å². The topological polar surface area (TPSA) is 24.9 Å². The van der Waals surface area contributed by atoms with E-state index in [1.807, 2.05) is 12.1 Å². The monoisotopic (exact) mass is 240 g/mol. The van der Waals surface area contributed by atoms with Gasteiger partial charge in [-0.15, -0.1) is 0 Å². The zero-order chi connectivity index (χ0) is 12.0. The first-order valence-electron chi connectivity index (χ1n) is 6.03. The summed E-state index contributed by atoms with van der Waals surface area (Å²) >= 11 is 5.84. The Labute approximate surface area is 103 Å². The largest absolute Gasteiger partial charge is 0.313 e. The molecule has 0 aliphatic heterocycles. The van der Waals surface area contributed by atoms with Gasteiger partial charge in [-0.1, -0.05) is 32.4 Å². The van der Waals surface area contributed by atoms with Crippen molar-refractivity contribution in [1.82, 2.24) is 10.3 Å². The van der Waals surface area contributed by atoms with E-state index in [2.05, 4.69) is 31.1 Å². The molecule has 0 aliphatic rings. The second-order valence-corrected chi connectivity index (χ2v) is 4.60. The van der Waals surface area contributed by atoms with Crippen molar-refractivity contribution in [1.29, 1.82) is 0 Å². The van der Waals surface area contributed by atoms with E-state index in [9.17, 15) is 0 Å². The maximum atomic E-state index is 5.84. The minimum absolute atomic E-state index is 0.425. The summed E-state index contributed by atoms with van der Waals surface area (Å²) < 4.78 is 0. The van der Waals surface area contributed by atoms with Gasteiger partial charge in [0.2, 0.25) is 0 Å². The van der Waals surface area contributed by atoms with Gasteiger partial charge in [-0.2, -0.15) is 0 Å². The predicted octanol–water partition coefficient (Wildman–Crippen LogP) is 3.62. The zero-order valence-electron chi connectivity index (χ0n) is 10.3. The highest BCUT2D eigenvalue weighted by Crippen LogP contribution is 2.20. The number of aromatic nitrogens is 1. The highest BCUT2D eigenvalue weighted by Gasteiger charge is 2.17. The van der Waals surface area contributed by atoms with Crippen LogP contribution in [0.3, 0.4) is 0 Å². The standard InChI is InChI=1S/C13H21ClN2/c1-4-8-15-12(5-2)10(3)13-7-6-11(14)9-16-13/h6-7,9-10,12,15H,4-5,8H2,1-3H3. The summed E-state index contributed by atoms with van der Waals surface area (Å²) in [7, 11) is 0. The maximum Gasteiger partial charge on any atom is 0.0589 e. The van der Waals surface area contributed by atoms with Gasteiger partial charge in [-0.05, 0) is 31.5 Å². The van der Waals surface area contributed by atoms with E-state index in [0.29, 0.717) is 17.0 Å². The van der Waals surface area contributed by atoms with Gasteiger partial charge in [-0.25, -0.2) is 0 Å². The van der Waals surface area contributed by atoms with Crippen molar-refractivity contribution in [2.24, 2.45) is 0 Å². The lowest BCUT2D eigenvalue weighted by atomic mass is 9.95. The Morgan fingerprint density at radius 3 is 2.62 bits per heavy atom. The van der Waals surface area contributed by atoms with E-state index in [0.717, 1.165) is 25.1 Å². The molecule has 0 amide bonds. The summed E-state index contributed by atoms with van der Waals surface area (Å²) in [5.41, 5.74) is 1.11. The van der Waals surface area contributed by atoms with Crippen LogP contribution in [0, 0.1) is 0 Å². The van der Waals surface area contributed by atoms with Crippen LogP contribution in [0.15, 0.2) is 18.3 Å². The van der Waals surface area contributed by atoms with E-state index < -0.39 is 0 Å². The molecule has 16 heavy (non-hydrogen) atoms. The summed E-state index contributed by atoms with van der Waals surface area (Å²) in [5.74, 6) is 0.425. The van der Waals surface area contributed by atoms with Crippen LogP contribution in [0.5, 0.6) is 0 Å². The molecule has 0 bridgehead atoms. The number of hydrogen-bond donors (Lipinski definition) is 1. The minimum Gasteiger partial charge on any atom is -0.313 e. The summed E-state index contributed by atoms with van der Waals surface area (Å²) in [6.45, 7) is 7.67. The van der Waals surface area contributed by atoms with Gasteiger partial charge in [0.15, 0.2) is 0 Å². The molecule has 0 aromatic carbocycles. The van der Waals surface area contributed by atoms with Gasteiger partial charge < -0.3 is 5.32 Å². The zero-order valence-corrected chi connectivity index (χ0v) is 11.1. The Morgan fingerprint density at radius 2 is 2.12 bits per heavy atom. The summed E-state index contributed by atoms with van der Waals surface area (Å²) in [6, 6.07) is 4.42. The second-order valence-electron chi connectivity index (χ2n) is 4.16. The average molecular weight is 241 g/mol. The molecule has 1 rings (SSSR count). The second kappa shape index (κ2) is 6.87. The Hall–Kier alpha value is -0.600. The third kappa shape index (κ3) is 3.76.